The largest absolute Gasteiger partial charge is 0.380 e. The lowest BCUT2D eigenvalue weighted by Gasteiger charge is -2.17. The van der Waals surface area contributed by atoms with Crippen LogP contribution in [0.25, 0.3) is 10.6 Å². The molecule has 1 aliphatic heterocycles. The second-order valence-corrected chi connectivity index (χ2v) is 6.79. The Morgan fingerprint density at radius 3 is 2.95 bits per heavy atom. The van der Waals surface area contributed by atoms with Gasteiger partial charge in [0.1, 0.15) is 5.01 Å². The number of aryl methyl sites for hydroxylation is 2. The van der Waals surface area contributed by atoms with E-state index in [0.717, 1.165) is 44.3 Å². The van der Waals surface area contributed by atoms with E-state index in [-0.39, 0.29) is 0 Å². The normalized spacial score (nSPS) is 16.9. The zero-order valence-electron chi connectivity index (χ0n) is 12.8. The van der Waals surface area contributed by atoms with Gasteiger partial charge in [0.25, 0.3) is 0 Å². The van der Waals surface area contributed by atoms with Crippen LogP contribution in [0.15, 0.2) is 24.4 Å². The Morgan fingerprint density at radius 2 is 2.10 bits per heavy atom. The number of hydrogen-bond acceptors (Lipinski definition) is 4. The minimum atomic E-state index is 0.850. The summed E-state index contributed by atoms with van der Waals surface area (Å²) >= 11 is 1.81. The molecule has 0 aliphatic carbocycles. The average molecular weight is 302 g/mol. The van der Waals surface area contributed by atoms with E-state index in [1.165, 1.54) is 21.6 Å². The first-order chi connectivity index (χ1) is 10.2. The standard InChI is InChI=1S/C17H22N2OS/c1-13-4-5-15(10-14(13)2)17-18-11-16(21-17)12-19-6-3-8-20-9-7-19/h4-5,10-11H,3,6-9,12H2,1-2H3. The molecule has 2 aromatic rings. The van der Waals surface area contributed by atoms with Crippen molar-refractivity contribution in [2.24, 2.45) is 0 Å². The van der Waals surface area contributed by atoms with Crippen molar-refractivity contribution in [3.8, 4) is 10.6 Å². The van der Waals surface area contributed by atoms with Gasteiger partial charge in [-0.15, -0.1) is 11.3 Å². The number of benzene rings is 1. The summed E-state index contributed by atoms with van der Waals surface area (Å²) in [6.45, 7) is 9.19. The third-order valence-electron chi connectivity index (χ3n) is 4.00. The molecule has 0 spiro atoms. The molecule has 4 heteroatoms. The Balaban J connectivity index is 1.71. The molecule has 1 aromatic heterocycles. The lowest BCUT2D eigenvalue weighted by atomic mass is 10.1. The molecule has 0 radical (unpaired) electrons. The fourth-order valence-corrected chi connectivity index (χ4v) is 3.52. The molecule has 3 nitrogen and oxygen atoms in total. The highest BCUT2D eigenvalue weighted by atomic mass is 32.1. The van der Waals surface area contributed by atoms with Gasteiger partial charge >= 0.3 is 0 Å². The Hall–Kier alpha value is -1.23. The third kappa shape index (κ3) is 3.70. The van der Waals surface area contributed by atoms with E-state index in [1.54, 1.807) is 0 Å². The van der Waals surface area contributed by atoms with Gasteiger partial charge < -0.3 is 4.74 Å². The Bertz CT molecular complexity index is 601. The predicted octanol–water partition coefficient (Wildman–Crippen LogP) is 3.65. The molecule has 0 N–H and O–H groups in total. The maximum Gasteiger partial charge on any atom is 0.123 e. The minimum absolute atomic E-state index is 0.850. The van der Waals surface area contributed by atoms with Gasteiger partial charge in [-0.25, -0.2) is 4.98 Å². The summed E-state index contributed by atoms with van der Waals surface area (Å²) in [6.07, 6.45) is 3.16. The maximum absolute atomic E-state index is 5.51. The van der Waals surface area contributed by atoms with E-state index in [0.29, 0.717) is 0 Å². The van der Waals surface area contributed by atoms with Gasteiger partial charge in [-0.1, -0.05) is 12.1 Å². The van der Waals surface area contributed by atoms with Gasteiger partial charge in [0.2, 0.25) is 0 Å². The Labute approximate surface area is 130 Å². The zero-order chi connectivity index (χ0) is 14.7. The van der Waals surface area contributed by atoms with Crippen LogP contribution in [-0.4, -0.2) is 36.2 Å². The van der Waals surface area contributed by atoms with Crippen molar-refractivity contribution in [2.75, 3.05) is 26.3 Å². The maximum atomic E-state index is 5.51. The molecule has 0 atom stereocenters. The van der Waals surface area contributed by atoms with Crippen molar-refractivity contribution >= 4 is 11.3 Å². The number of ether oxygens (including phenoxy) is 1. The summed E-state index contributed by atoms with van der Waals surface area (Å²) < 4.78 is 5.51. The summed E-state index contributed by atoms with van der Waals surface area (Å²) in [4.78, 5) is 8.41. The summed E-state index contributed by atoms with van der Waals surface area (Å²) in [5.41, 5.74) is 3.89. The summed E-state index contributed by atoms with van der Waals surface area (Å²) in [6, 6.07) is 6.58. The number of thiazole rings is 1. The molecule has 21 heavy (non-hydrogen) atoms. The smallest absolute Gasteiger partial charge is 0.123 e. The highest BCUT2D eigenvalue weighted by Gasteiger charge is 2.12. The van der Waals surface area contributed by atoms with Crippen LogP contribution in [0, 0.1) is 13.8 Å². The van der Waals surface area contributed by atoms with E-state index in [2.05, 4.69) is 41.9 Å². The van der Waals surface area contributed by atoms with Crippen molar-refractivity contribution in [1.82, 2.24) is 9.88 Å². The molecule has 1 aliphatic rings. The lowest BCUT2D eigenvalue weighted by molar-refractivity contribution is 0.140. The average Bonchev–Trinajstić information content (AvgIpc) is 2.78. The fourth-order valence-electron chi connectivity index (χ4n) is 2.56. The zero-order valence-corrected chi connectivity index (χ0v) is 13.6. The van der Waals surface area contributed by atoms with E-state index >= 15 is 0 Å². The van der Waals surface area contributed by atoms with Gasteiger partial charge in [-0.3, -0.25) is 4.90 Å². The van der Waals surface area contributed by atoms with Crippen LogP contribution in [0.4, 0.5) is 0 Å². The van der Waals surface area contributed by atoms with E-state index in [4.69, 9.17) is 4.74 Å². The summed E-state index contributed by atoms with van der Waals surface area (Å²) in [7, 11) is 0. The number of nitrogens with zero attached hydrogens (tertiary/aromatic N) is 2. The van der Waals surface area contributed by atoms with Gasteiger partial charge in [-0.05, 0) is 37.5 Å². The Kier molecular flexibility index (Phi) is 4.68. The van der Waals surface area contributed by atoms with Crippen molar-refractivity contribution in [2.45, 2.75) is 26.8 Å². The molecule has 2 heterocycles. The monoisotopic (exact) mass is 302 g/mol. The summed E-state index contributed by atoms with van der Waals surface area (Å²) in [5, 5.41) is 1.12. The Morgan fingerprint density at radius 1 is 1.19 bits per heavy atom. The van der Waals surface area contributed by atoms with Crippen LogP contribution in [0.2, 0.25) is 0 Å². The lowest BCUT2D eigenvalue weighted by Crippen LogP contribution is -2.25. The highest BCUT2D eigenvalue weighted by Crippen LogP contribution is 2.27. The predicted molar refractivity (Wildman–Crippen MR) is 87.7 cm³/mol. The first kappa shape index (κ1) is 14.7. The second-order valence-electron chi connectivity index (χ2n) is 5.67. The van der Waals surface area contributed by atoms with Crippen LogP contribution >= 0.6 is 11.3 Å². The quantitative estimate of drug-likeness (QED) is 0.865. The molecule has 1 aromatic carbocycles. The van der Waals surface area contributed by atoms with E-state index < -0.39 is 0 Å². The molecule has 0 unspecified atom stereocenters. The first-order valence-electron chi connectivity index (χ1n) is 7.55. The van der Waals surface area contributed by atoms with Crippen LogP contribution in [0.1, 0.15) is 22.4 Å². The van der Waals surface area contributed by atoms with E-state index in [9.17, 15) is 0 Å². The van der Waals surface area contributed by atoms with Gasteiger partial charge in [0.05, 0.1) is 6.61 Å². The molecule has 0 saturated carbocycles. The van der Waals surface area contributed by atoms with E-state index in [1.807, 2.05) is 17.5 Å². The molecule has 0 amide bonds. The van der Waals surface area contributed by atoms with Gasteiger partial charge in [0, 0.05) is 42.9 Å². The SMILES string of the molecule is Cc1ccc(-c2ncc(CN3CCCOCC3)s2)cc1C. The minimum Gasteiger partial charge on any atom is -0.380 e. The van der Waals surface area contributed by atoms with Crippen molar-refractivity contribution in [1.29, 1.82) is 0 Å². The first-order valence-corrected chi connectivity index (χ1v) is 8.36. The number of hydrogen-bond donors (Lipinski definition) is 0. The molecule has 1 saturated heterocycles. The molecular formula is C17H22N2OS. The molecule has 3 rings (SSSR count). The topological polar surface area (TPSA) is 25.4 Å². The molecular weight excluding hydrogens is 280 g/mol. The third-order valence-corrected chi connectivity index (χ3v) is 5.03. The van der Waals surface area contributed by atoms with Crippen molar-refractivity contribution < 1.29 is 4.74 Å². The number of aromatic nitrogens is 1. The number of rotatable bonds is 3. The highest BCUT2D eigenvalue weighted by molar-refractivity contribution is 7.15. The molecule has 0 bridgehead atoms. The second kappa shape index (κ2) is 6.69. The van der Waals surface area contributed by atoms with Crippen LogP contribution in [0.3, 0.4) is 0 Å². The fraction of sp³-hybridized carbons (Fsp3) is 0.471. The van der Waals surface area contributed by atoms with Crippen molar-refractivity contribution in [3.63, 3.8) is 0 Å². The van der Waals surface area contributed by atoms with Crippen molar-refractivity contribution in [3.05, 3.63) is 40.4 Å². The van der Waals surface area contributed by atoms with Crippen LogP contribution in [0.5, 0.6) is 0 Å². The molecule has 1 fully saturated rings. The van der Waals surface area contributed by atoms with Crippen LogP contribution in [-0.2, 0) is 11.3 Å². The van der Waals surface area contributed by atoms with Gasteiger partial charge in [-0.2, -0.15) is 0 Å². The summed E-state index contributed by atoms with van der Waals surface area (Å²) in [5.74, 6) is 0. The molecule has 112 valence electrons. The van der Waals surface area contributed by atoms with Crippen LogP contribution < -0.4 is 0 Å². The van der Waals surface area contributed by atoms with Gasteiger partial charge in [0.15, 0.2) is 0 Å².